The molecule has 0 aliphatic carbocycles. The van der Waals surface area contributed by atoms with Crippen LogP contribution < -0.4 is 5.73 Å². The van der Waals surface area contributed by atoms with Crippen molar-refractivity contribution in [2.24, 2.45) is 5.73 Å². The molecule has 1 aliphatic heterocycles. The van der Waals surface area contributed by atoms with Gasteiger partial charge in [0.05, 0.1) is 25.7 Å². The van der Waals surface area contributed by atoms with Crippen molar-refractivity contribution in [2.75, 3.05) is 26.3 Å². The maximum Gasteiger partial charge on any atom is 0.305 e. The Morgan fingerprint density at radius 2 is 2.27 bits per heavy atom. The summed E-state index contributed by atoms with van der Waals surface area (Å²) in [5.74, 6) is -1.01. The minimum atomic E-state index is -0.920. The second-order valence-corrected chi connectivity index (χ2v) is 3.45. The first kappa shape index (κ1) is 11.9. The molecule has 6 heteroatoms. The van der Waals surface area contributed by atoms with Crippen LogP contribution in [0.15, 0.2) is 0 Å². The Morgan fingerprint density at radius 1 is 1.53 bits per heavy atom. The largest absolute Gasteiger partial charge is 0.481 e. The van der Waals surface area contributed by atoms with Crippen molar-refractivity contribution >= 4 is 11.9 Å². The van der Waals surface area contributed by atoms with Crippen LogP contribution >= 0.6 is 0 Å². The van der Waals surface area contributed by atoms with Gasteiger partial charge in [0, 0.05) is 19.5 Å². The minimum absolute atomic E-state index is 0.0731. The third kappa shape index (κ3) is 3.49. The molecule has 1 unspecified atom stereocenters. The van der Waals surface area contributed by atoms with Gasteiger partial charge in [-0.05, 0) is 0 Å². The van der Waals surface area contributed by atoms with E-state index in [4.69, 9.17) is 15.6 Å². The van der Waals surface area contributed by atoms with Crippen LogP contribution in [-0.4, -0.2) is 54.2 Å². The van der Waals surface area contributed by atoms with Crippen molar-refractivity contribution in [2.45, 2.75) is 18.9 Å². The number of carboxylic acid groups (broad SMARTS) is 1. The van der Waals surface area contributed by atoms with Crippen LogP contribution in [0.25, 0.3) is 0 Å². The SMILES string of the molecule is NCCC(=O)N1CCOCC1CC(=O)O. The first-order chi connectivity index (χ1) is 7.15. The highest BCUT2D eigenvalue weighted by atomic mass is 16.5. The Kier molecular flexibility index (Phi) is 4.51. The maximum atomic E-state index is 11.6. The fourth-order valence-corrected chi connectivity index (χ4v) is 1.62. The molecule has 86 valence electrons. The number of hydrogen-bond donors (Lipinski definition) is 2. The second kappa shape index (κ2) is 5.67. The highest BCUT2D eigenvalue weighted by Crippen LogP contribution is 2.11. The Balaban J connectivity index is 2.56. The lowest BCUT2D eigenvalue weighted by Crippen LogP contribution is -2.49. The standard InChI is InChI=1S/C9H16N2O4/c10-2-1-8(12)11-3-4-15-6-7(11)5-9(13)14/h7H,1-6,10H2,(H,13,14). The molecule has 1 amide bonds. The number of morpholine rings is 1. The molecule has 0 aromatic rings. The van der Waals surface area contributed by atoms with Crippen LogP contribution in [0.4, 0.5) is 0 Å². The molecule has 0 saturated carbocycles. The van der Waals surface area contributed by atoms with Gasteiger partial charge in [-0.25, -0.2) is 0 Å². The molecule has 0 aromatic heterocycles. The quantitative estimate of drug-likeness (QED) is 0.631. The summed E-state index contributed by atoms with van der Waals surface area (Å²) in [5.41, 5.74) is 5.29. The van der Waals surface area contributed by atoms with Crippen molar-refractivity contribution in [3.05, 3.63) is 0 Å². The van der Waals surface area contributed by atoms with Crippen LogP contribution in [0.1, 0.15) is 12.8 Å². The molecular formula is C9H16N2O4. The number of amides is 1. The van der Waals surface area contributed by atoms with E-state index in [-0.39, 0.29) is 31.3 Å². The van der Waals surface area contributed by atoms with E-state index in [0.717, 1.165) is 0 Å². The zero-order valence-corrected chi connectivity index (χ0v) is 8.52. The number of hydrogen-bond acceptors (Lipinski definition) is 4. The van der Waals surface area contributed by atoms with Crippen LogP contribution in [-0.2, 0) is 14.3 Å². The molecule has 0 bridgehead atoms. The third-order valence-electron chi connectivity index (χ3n) is 2.32. The molecule has 0 spiro atoms. The van der Waals surface area contributed by atoms with E-state index in [9.17, 15) is 9.59 Å². The predicted octanol–water partition coefficient (Wildman–Crippen LogP) is -0.963. The van der Waals surface area contributed by atoms with Gasteiger partial charge in [0.2, 0.25) is 5.91 Å². The Morgan fingerprint density at radius 3 is 2.87 bits per heavy atom. The molecule has 0 radical (unpaired) electrons. The lowest BCUT2D eigenvalue weighted by molar-refractivity contribution is -0.146. The molecule has 6 nitrogen and oxygen atoms in total. The predicted molar refractivity (Wildman–Crippen MR) is 52.2 cm³/mol. The second-order valence-electron chi connectivity index (χ2n) is 3.45. The van der Waals surface area contributed by atoms with Gasteiger partial charge in [0.1, 0.15) is 0 Å². The van der Waals surface area contributed by atoms with E-state index < -0.39 is 5.97 Å². The molecular weight excluding hydrogens is 200 g/mol. The van der Waals surface area contributed by atoms with Gasteiger partial charge in [-0.15, -0.1) is 0 Å². The highest BCUT2D eigenvalue weighted by Gasteiger charge is 2.28. The van der Waals surface area contributed by atoms with Gasteiger partial charge in [-0.3, -0.25) is 9.59 Å². The molecule has 1 saturated heterocycles. The minimum Gasteiger partial charge on any atom is -0.481 e. The fourth-order valence-electron chi connectivity index (χ4n) is 1.62. The van der Waals surface area contributed by atoms with Crippen molar-refractivity contribution in [1.82, 2.24) is 4.90 Å². The number of carbonyl (C=O) groups is 2. The zero-order chi connectivity index (χ0) is 11.3. The molecule has 15 heavy (non-hydrogen) atoms. The van der Waals surface area contributed by atoms with Gasteiger partial charge in [-0.2, -0.15) is 0 Å². The van der Waals surface area contributed by atoms with E-state index in [1.54, 1.807) is 4.90 Å². The zero-order valence-electron chi connectivity index (χ0n) is 8.52. The van der Waals surface area contributed by atoms with Crippen LogP contribution in [0, 0.1) is 0 Å². The number of aliphatic carboxylic acids is 1. The number of rotatable bonds is 4. The average Bonchev–Trinajstić information content (AvgIpc) is 2.18. The topological polar surface area (TPSA) is 92.9 Å². The van der Waals surface area contributed by atoms with Gasteiger partial charge >= 0.3 is 5.97 Å². The van der Waals surface area contributed by atoms with E-state index in [1.165, 1.54) is 0 Å². The Bertz CT molecular complexity index is 244. The third-order valence-corrected chi connectivity index (χ3v) is 2.32. The number of carboxylic acids is 1. The average molecular weight is 216 g/mol. The van der Waals surface area contributed by atoms with Crippen LogP contribution in [0.5, 0.6) is 0 Å². The molecule has 3 N–H and O–H groups in total. The number of nitrogens with zero attached hydrogens (tertiary/aromatic N) is 1. The lowest BCUT2D eigenvalue weighted by atomic mass is 10.1. The van der Waals surface area contributed by atoms with E-state index >= 15 is 0 Å². The number of nitrogens with two attached hydrogens (primary N) is 1. The van der Waals surface area contributed by atoms with Gasteiger partial charge in [-0.1, -0.05) is 0 Å². The van der Waals surface area contributed by atoms with Crippen molar-refractivity contribution in [3.63, 3.8) is 0 Å². The van der Waals surface area contributed by atoms with Gasteiger partial charge < -0.3 is 20.5 Å². The van der Waals surface area contributed by atoms with E-state index in [2.05, 4.69) is 0 Å². The summed E-state index contributed by atoms with van der Waals surface area (Å²) in [6, 6.07) is -0.352. The first-order valence-corrected chi connectivity index (χ1v) is 4.94. The van der Waals surface area contributed by atoms with Gasteiger partial charge in [0.15, 0.2) is 0 Å². The number of carbonyl (C=O) groups excluding carboxylic acids is 1. The molecule has 1 rings (SSSR count). The first-order valence-electron chi connectivity index (χ1n) is 4.94. The van der Waals surface area contributed by atoms with Crippen molar-refractivity contribution in [3.8, 4) is 0 Å². The highest BCUT2D eigenvalue weighted by molar-refractivity contribution is 5.78. The summed E-state index contributed by atoms with van der Waals surface area (Å²) >= 11 is 0. The summed E-state index contributed by atoms with van der Waals surface area (Å²) in [5, 5.41) is 8.68. The lowest BCUT2D eigenvalue weighted by Gasteiger charge is -2.34. The fraction of sp³-hybridized carbons (Fsp3) is 0.778. The van der Waals surface area contributed by atoms with E-state index in [0.29, 0.717) is 19.8 Å². The molecule has 1 fully saturated rings. The molecule has 1 heterocycles. The molecule has 1 aliphatic rings. The normalized spacial score (nSPS) is 21.4. The van der Waals surface area contributed by atoms with E-state index in [1.807, 2.05) is 0 Å². The van der Waals surface area contributed by atoms with Crippen LogP contribution in [0.2, 0.25) is 0 Å². The van der Waals surface area contributed by atoms with Gasteiger partial charge in [0.25, 0.3) is 0 Å². The van der Waals surface area contributed by atoms with Crippen LogP contribution in [0.3, 0.4) is 0 Å². The Hall–Kier alpha value is -1.14. The summed E-state index contributed by atoms with van der Waals surface area (Å²) in [4.78, 5) is 23.7. The van der Waals surface area contributed by atoms with Crippen molar-refractivity contribution in [1.29, 1.82) is 0 Å². The Labute approximate surface area is 88.0 Å². The summed E-state index contributed by atoms with van der Waals surface area (Å²) in [6.45, 7) is 1.50. The summed E-state index contributed by atoms with van der Waals surface area (Å²) in [7, 11) is 0. The monoisotopic (exact) mass is 216 g/mol. The molecule has 1 atom stereocenters. The molecule has 0 aromatic carbocycles. The maximum absolute atomic E-state index is 11.6. The summed E-state index contributed by atoms with van der Waals surface area (Å²) < 4.78 is 5.15. The van der Waals surface area contributed by atoms with Crippen molar-refractivity contribution < 1.29 is 19.4 Å². The summed E-state index contributed by atoms with van der Waals surface area (Å²) in [6.07, 6.45) is 0.187. The smallest absolute Gasteiger partial charge is 0.305 e. The number of ether oxygens (including phenoxy) is 1.